The lowest BCUT2D eigenvalue weighted by molar-refractivity contribution is -0.143. The Hall–Kier alpha value is -1.98. The maximum atomic E-state index is 13.6. The van der Waals surface area contributed by atoms with Crippen molar-refractivity contribution in [2.24, 2.45) is 5.92 Å². The zero-order chi connectivity index (χ0) is 14.9. The second-order valence-electron chi connectivity index (χ2n) is 5.04. The van der Waals surface area contributed by atoms with Crippen LogP contribution in [0, 0.1) is 17.6 Å². The Labute approximate surface area is 115 Å². The molecular formula is C14H15F2NO3. The first kappa shape index (κ1) is 14.4. The van der Waals surface area contributed by atoms with Gasteiger partial charge in [-0.25, -0.2) is 8.78 Å². The Kier molecular flexibility index (Phi) is 4.01. The van der Waals surface area contributed by atoms with Gasteiger partial charge in [-0.2, -0.15) is 0 Å². The molecule has 1 aliphatic heterocycles. The van der Waals surface area contributed by atoms with Crippen molar-refractivity contribution in [3.05, 3.63) is 35.4 Å². The van der Waals surface area contributed by atoms with Crippen molar-refractivity contribution in [2.75, 3.05) is 6.54 Å². The lowest BCUT2D eigenvalue weighted by Gasteiger charge is -2.36. The maximum absolute atomic E-state index is 13.6. The van der Waals surface area contributed by atoms with Crippen LogP contribution in [0.5, 0.6) is 0 Å². The molecule has 1 saturated heterocycles. The summed E-state index contributed by atoms with van der Waals surface area (Å²) in [4.78, 5) is 24.6. The first-order valence-electron chi connectivity index (χ1n) is 6.39. The number of rotatable bonds is 2. The Morgan fingerprint density at radius 2 is 2.00 bits per heavy atom. The molecule has 1 fully saturated rings. The number of amides is 1. The predicted molar refractivity (Wildman–Crippen MR) is 67.2 cm³/mol. The highest BCUT2D eigenvalue weighted by Crippen LogP contribution is 2.24. The number of likely N-dealkylation sites (tertiary alicyclic amines) is 1. The molecule has 0 radical (unpaired) electrons. The van der Waals surface area contributed by atoms with Gasteiger partial charge in [-0.3, -0.25) is 9.59 Å². The SMILES string of the molecule is CC1CCC(C(=O)O)CN1C(=O)c1cc(F)ccc1F. The summed E-state index contributed by atoms with van der Waals surface area (Å²) in [5.74, 6) is -3.81. The third kappa shape index (κ3) is 2.79. The van der Waals surface area contributed by atoms with Gasteiger partial charge < -0.3 is 10.0 Å². The summed E-state index contributed by atoms with van der Waals surface area (Å²) in [6, 6.07) is 2.48. The Bertz CT molecular complexity index is 547. The third-order valence-corrected chi connectivity index (χ3v) is 3.65. The van der Waals surface area contributed by atoms with Crippen molar-refractivity contribution in [3.8, 4) is 0 Å². The average Bonchev–Trinajstić information content (AvgIpc) is 2.41. The van der Waals surface area contributed by atoms with Gasteiger partial charge in [-0.15, -0.1) is 0 Å². The number of nitrogens with zero attached hydrogens (tertiary/aromatic N) is 1. The molecule has 2 atom stereocenters. The van der Waals surface area contributed by atoms with Crippen LogP contribution in [0.1, 0.15) is 30.1 Å². The summed E-state index contributed by atoms with van der Waals surface area (Å²) < 4.78 is 26.8. The molecule has 0 spiro atoms. The Morgan fingerprint density at radius 1 is 1.30 bits per heavy atom. The van der Waals surface area contributed by atoms with E-state index in [0.717, 1.165) is 18.2 Å². The minimum Gasteiger partial charge on any atom is -0.481 e. The van der Waals surface area contributed by atoms with Gasteiger partial charge in [-0.1, -0.05) is 0 Å². The molecule has 1 heterocycles. The van der Waals surface area contributed by atoms with Gasteiger partial charge in [0.25, 0.3) is 5.91 Å². The predicted octanol–water partition coefficient (Wildman–Crippen LogP) is 2.29. The van der Waals surface area contributed by atoms with Crippen LogP contribution in [0.15, 0.2) is 18.2 Å². The van der Waals surface area contributed by atoms with Crippen molar-refractivity contribution in [2.45, 2.75) is 25.8 Å². The number of carboxylic acid groups (broad SMARTS) is 1. The highest BCUT2D eigenvalue weighted by Gasteiger charge is 2.33. The fourth-order valence-corrected chi connectivity index (χ4v) is 2.41. The van der Waals surface area contributed by atoms with Gasteiger partial charge in [0, 0.05) is 12.6 Å². The minimum absolute atomic E-state index is 0.0191. The number of carboxylic acids is 1. The first-order chi connectivity index (χ1) is 9.40. The fraction of sp³-hybridized carbons (Fsp3) is 0.429. The zero-order valence-corrected chi connectivity index (χ0v) is 11.0. The monoisotopic (exact) mass is 283 g/mol. The summed E-state index contributed by atoms with van der Waals surface area (Å²) in [5.41, 5.74) is -0.358. The number of benzene rings is 1. The molecule has 20 heavy (non-hydrogen) atoms. The van der Waals surface area contributed by atoms with E-state index < -0.39 is 29.4 Å². The standard InChI is InChI=1S/C14H15F2NO3/c1-8-2-3-9(14(19)20)7-17(8)13(18)11-6-10(15)4-5-12(11)16/h4-6,8-9H,2-3,7H2,1H3,(H,19,20). The second kappa shape index (κ2) is 5.56. The normalized spacial score (nSPS) is 22.6. The molecule has 1 aromatic carbocycles. The number of carbonyl (C=O) groups excluding carboxylic acids is 1. The van der Waals surface area contributed by atoms with Crippen molar-refractivity contribution in [3.63, 3.8) is 0 Å². The quantitative estimate of drug-likeness (QED) is 0.906. The van der Waals surface area contributed by atoms with Gasteiger partial charge in [0.05, 0.1) is 11.5 Å². The van der Waals surface area contributed by atoms with Crippen LogP contribution in [-0.4, -0.2) is 34.5 Å². The summed E-state index contributed by atoms with van der Waals surface area (Å²) in [6.45, 7) is 1.79. The molecule has 0 aromatic heterocycles. The molecule has 0 saturated carbocycles. The molecule has 0 bridgehead atoms. The van der Waals surface area contributed by atoms with Crippen LogP contribution in [0.4, 0.5) is 8.78 Å². The molecule has 2 rings (SSSR count). The van der Waals surface area contributed by atoms with Gasteiger partial charge in [-0.05, 0) is 38.0 Å². The second-order valence-corrected chi connectivity index (χ2v) is 5.04. The van der Waals surface area contributed by atoms with Crippen LogP contribution in [0.3, 0.4) is 0 Å². The highest BCUT2D eigenvalue weighted by molar-refractivity contribution is 5.95. The number of carbonyl (C=O) groups is 2. The van der Waals surface area contributed by atoms with Crippen LogP contribution in [0.25, 0.3) is 0 Å². The van der Waals surface area contributed by atoms with E-state index in [1.807, 2.05) is 0 Å². The van der Waals surface area contributed by atoms with E-state index in [-0.39, 0.29) is 18.2 Å². The topological polar surface area (TPSA) is 57.6 Å². The van der Waals surface area contributed by atoms with Crippen molar-refractivity contribution >= 4 is 11.9 Å². The number of halogens is 2. The van der Waals surface area contributed by atoms with Crippen molar-refractivity contribution in [1.29, 1.82) is 0 Å². The van der Waals surface area contributed by atoms with E-state index in [2.05, 4.69) is 0 Å². The number of hydrogen-bond acceptors (Lipinski definition) is 2. The molecule has 6 heteroatoms. The molecule has 1 aromatic rings. The molecule has 0 aliphatic carbocycles. The van der Waals surface area contributed by atoms with Crippen LogP contribution >= 0.6 is 0 Å². The molecule has 1 amide bonds. The summed E-state index contributed by atoms with van der Waals surface area (Å²) >= 11 is 0. The van der Waals surface area contributed by atoms with Crippen molar-refractivity contribution < 1.29 is 23.5 Å². The molecule has 1 N–H and O–H groups in total. The zero-order valence-electron chi connectivity index (χ0n) is 11.0. The number of hydrogen-bond donors (Lipinski definition) is 1. The fourth-order valence-electron chi connectivity index (χ4n) is 2.41. The van der Waals surface area contributed by atoms with E-state index in [4.69, 9.17) is 5.11 Å². The van der Waals surface area contributed by atoms with Gasteiger partial charge in [0.1, 0.15) is 11.6 Å². The van der Waals surface area contributed by atoms with Crippen LogP contribution < -0.4 is 0 Å². The smallest absolute Gasteiger partial charge is 0.308 e. The highest BCUT2D eigenvalue weighted by atomic mass is 19.1. The van der Waals surface area contributed by atoms with Crippen LogP contribution in [0.2, 0.25) is 0 Å². The number of piperidine rings is 1. The van der Waals surface area contributed by atoms with Gasteiger partial charge in [0.15, 0.2) is 0 Å². The summed E-state index contributed by atoms with van der Waals surface area (Å²) in [7, 11) is 0. The molecular weight excluding hydrogens is 268 g/mol. The summed E-state index contributed by atoms with van der Waals surface area (Å²) in [5, 5.41) is 9.02. The van der Waals surface area contributed by atoms with E-state index in [1.54, 1.807) is 6.92 Å². The molecule has 108 valence electrons. The molecule has 1 aliphatic rings. The van der Waals surface area contributed by atoms with E-state index in [0.29, 0.717) is 12.8 Å². The minimum atomic E-state index is -0.977. The third-order valence-electron chi connectivity index (χ3n) is 3.65. The Morgan fingerprint density at radius 3 is 2.65 bits per heavy atom. The van der Waals surface area contributed by atoms with E-state index in [1.165, 1.54) is 4.90 Å². The largest absolute Gasteiger partial charge is 0.481 e. The molecule has 2 unspecified atom stereocenters. The van der Waals surface area contributed by atoms with Gasteiger partial charge >= 0.3 is 5.97 Å². The molecule has 4 nitrogen and oxygen atoms in total. The van der Waals surface area contributed by atoms with E-state index in [9.17, 15) is 18.4 Å². The lowest BCUT2D eigenvalue weighted by atomic mass is 9.93. The first-order valence-corrected chi connectivity index (χ1v) is 6.39. The summed E-state index contributed by atoms with van der Waals surface area (Å²) in [6.07, 6.45) is 1.01. The van der Waals surface area contributed by atoms with Crippen molar-refractivity contribution in [1.82, 2.24) is 4.90 Å². The van der Waals surface area contributed by atoms with Gasteiger partial charge in [0.2, 0.25) is 0 Å². The Balaban J connectivity index is 2.26. The van der Waals surface area contributed by atoms with E-state index >= 15 is 0 Å². The lowest BCUT2D eigenvalue weighted by Crippen LogP contribution is -2.47. The number of aliphatic carboxylic acids is 1. The average molecular weight is 283 g/mol. The van der Waals surface area contributed by atoms with Crippen LogP contribution in [-0.2, 0) is 4.79 Å². The maximum Gasteiger partial charge on any atom is 0.308 e.